The first-order valence-corrected chi connectivity index (χ1v) is 36.6. The molecule has 8 nitrogen and oxygen atoms in total. The summed E-state index contributed by atoms with van der Waals surface area (Å²) in [5.74, 6) is 0.816. The van der Waals surface area contributed by atoms with E-state index in [1.54, 1.807) is 0 Å². The van der Waals surface area contributed by atoms with Crippen molar-refractivity contribution in [2.75, 3.05) is 0 Å². The fourth-order valence-electron chi connectivity index (χ4n) is 15.8. The smallest absolute Gasteiger partial charge is 0.149 e. The Morgan fingerprint density at radius 3 is 0.841 bits per heavy atom. The molecule has 7 heterocycles. The number of aryl methyl sites for hydroxylation is 1. The van der Waals surface area contributed by atoms with Gasteiger partial charge in [-0.2, -0.15) is 0 Å². The van der Waals surface area contributed by atoms with Crippen molar-refractivity contribution in [3.8, 4) is 22.4 Å². The summed E-state index contributed by atoms with van der Waals surface area (Å²) in [5, 5.41) is 17.8. The third kappa shape index (κ3) is 19.1. The minimum absolute atomic E-state index is 0. The molecule has 17 heteroatoms. The van der Waals surface area contributed by atoms with Crippen molar-refractivity contribution in [3.63, 3.8) is 0 Å². The Morgan fingerprint density at radius 2 is 0.504 bits per heavy atom. The van der Waals surface area contributed by atoms with Gasteiger partial charge in [0.05, 0.1) is 24.5 Å². The first-order chi connectivity index (χ1) is 51.6. The van der Waals surface area contributed by atoms with Crippen molar-refractivity contribution >= 4 is 142 Å². The van der Waals surface area contributed by atoms with E-state index in [1.807, 2.05) is 65.8 Å². The van der Waals surface area contributed by atoms with Gasteiger partial charge in [0.1, 0.15) is 5.82 Å². The zero-order chi connectivity index (χ0) is 70.8. The van der Waals surface area contributed by atoms with Gasteiger partial charge in [-0.3, -0.25) is 0 Å². The van der Waals surface area contributed by atoms with Crippen LogP contribution in [0, 0.1) is 0 Å². The van der Waals surface area contributed by atoms with Crippen LogP contribution in [0.1, 0.15) is 58.6 Å². The molecule has 0 N–H and O–H groups in total. The van der Waals surface area contributed by atoms with Crippen molar-refractivity contribution in [3.05, 3.63) is 339 Å². The Kier molecular flexibility index (Phi) is 38.9. The van der Waals surface area contributed by atoms with Gasteiger partial charge in [0.25, 0.3) is 0 Å². The van der Waals surface area contributed by atoms with Crippen LogP contribution in [0.2, 0.25) is 0 Å². The van der Waals surface area contributed by atoms with Gasteiger partial charge >= 0.3 is 0 Å². The predicted octanol–water partition coefficient (Wildman–Crippen LogP) is 25.0. The zero-order valence-electron chi connectivity index (χ0n) is 65.0. The minimum atomic E-state index is 0. The number of nitrogens with zero attached hydrogens (tertiary/aromatic N) is 8. The average molecular weight is 2150 g/mol. The Bertz CT molecular complexity index is 6330. The fourth-order valence-corrected chi connectivity index (χ4v) is 15.8. The van der Waals surface area contributed by atoms with Crippen molar-refractivity contribution < 1.29 is 294 Å². The molecular formula is C96H80N8Y9-2. The molecule has 0 amide bonds. The third-order valence-electron chi connectivity index (χ3n) is 20.2. The fraction of sp³-hybridized carbons (Fsp3) is 0.104. The summed E-state index contributed by atoms with van der Waals surface area (Å²) in [6.07, 6.45) is 0. The monoisotopic (exact) mass is 2140 g/mol. The summed E-state index contributed by atoms with van der Waals surface area (Å²) in [7, 11) is 2.12. The van der Waals surface area contributed by atoms with Crippen molar-refractivity contribution in [2.24, 2.45) is 7.05 Å². The second-order valence-electron chi connectivity index (χ2n) is 25.6. The number of aromatic nitrogens is 8. The molecule has 0 fully saturated rings. The summed E-state index contributed by atoms with van der Waals surface area (Å²) in [6, 6.07) is 114. The van der Waals surface area contributed by atoms with E-state index in [0.29, 0.717) is 13.1 Å². The van der Waals surface area contributed by atoms with Gasteiger partial charge in [-0.15, -0.1) is 22.1 Å². The molecule has 0 aliphatic heterocycles. The van der Waals surface area contributed by atoms with Gasteiger partial charge < -0.3 is 28.2 Å². The maximum Gasteiger partial charge on any atom is 0.149 e. The van der Waals surface area contributed by atoms with Crippen molar-refractivity contribution in [1.29, 1.82) is 0 Å². The number of hydrogen-bond acceptors (Lipinski definition) is 2. The number of para-hydroxylation sites is 12. The second kappa shape index (κ2) is 45.2. The third-order valence-corrected chi connectivity index (χ3v) is 20.2. The first-order valence-electron chi connectivity index (χ1n) is 36.6. The van der Waals surface area contributed by atoms with Crippen LogP contribution < -0.4 is 9.97 Å². The normalized spacial score (nSPS) is 10.4. The van der Waals surface area contributed by atoms with Crippen LogP contribution in [0.4, 0.5) is 0 Å². The predicted molar refractivity (Wildman–Crippen MR) is 444 cm³/mol. The van der Waals surface area contributed by atoms with E-state index in [2.05, 4.69) is 333 Å². The average Bonchev–Trinajstić information content (AvgIpc) is 1.56. The van der Waals surface area contributed by atoms with Crippen LogP contribution in [0.5, 0.6) is 0 Å². The van der Waals surface area contributed by atoms with Crippen LogP contribution in [0.3, 0.4) is 0 Å². The van der Waals surface area contributed by atoms with Crippen LogP contribution in [-0.2, 0) is 321 Å². The molecule has 0 saturated heterocycles. The van der Waals surface area contributed by atoms with Crippen LogP contribution >= 0.6 is 0 Å². The maximum atomic E-state index is 5.59. The molecule has 14 aromatic carbocycles. The number of hydrogen-bond donors (Lipinski definition) is 0. The summed E-state index contributed by atoms with van der Waals surface area (Å²) >= 11 is 0. The van der Waals surface area contributed by atoms with E-state index in [0.717, 1.165) is 51.4 Å². The van der Waals surface area contributed by atoms with Crippen molar-refractivity contribution in [1.82, 2.24) is 38.2 Å². The standard InChI is InChI=1S/C53H35N5.C13H11N.2C12H8N.3C2H6.9Y/c1-7-22-44-35(14-1)36-15-2-8-23-45(36)56(44)30-33-28-29-41-51-34(33)20-13-21-42(51)53-52(41)43(31-57-46-24-9-3-16-37(46)38-17-4-10-25-47(38)57)54-50(55-53)32-58-48-26-11-5-18-39(48)40-19-6-12-27-49(40)58;1-14-12-8-4-2-6-10(12)11-7-3-5-9-13(11)14;2*1-3-7-11-9(5-1)10-6-2-4-8-12(10)13-11;3*1-2;;;;;;;;;/h1-29H,30-32H2;2-9H,1H3;2*1-8H;3*1-2H3;;;;;;;;;/q;;2*-1;;;;;;;;;;;;. The Labute approximate surface area is 887 Å². The topological polar surface area (TPSA) is 73.7 Å². The van der Waals surface area contributed by atoms with Gasteiger partial charge in [-0.05, 0) is 92.0 Å². The van der Waals surface area contributed by atoms with E-state index in [9.17, 15) is 0 Å². The summed E-state index contributed by atoms with van der Waals surface area (Å²) < 4.78 is 9.57. The van der Waals surface area contributed by atoms with Gasteiger partial charge in [0.2, 0.25) is 0 Å². The number of fused-ring (bicyclic) bond motifs is 21. The van der Waals surface area contributed by atoms with Gasteiger partial charge in [0.15, 0.2) is 0 Å². The molecule has 22 rings (SSSR count). The Balaban J connectivity index is 0.000000262. The molecule has 0 atom stereocenters. The van der Waals surface area contributed by atoms with E-state index in [4.69, 9.17) is 9.97 Å². The molecule has 0 spiro atoms. The quantitative estimate of drug-likeness (QED) is 0.166. The molecular weight excluding hydrogens is 2070 g/mol. The Morgan fingerprint density at radius 1 is 0.239 bits per heavy atom. The summed E-state index contributed by atoms with van der Waals surface area (Å²) in [5.41, 5.74) is 21.2. The SMILES string of the molecule is CC.CC.CC.Cn1c2ccccc2c2ccccc21.[Y].[Y].[Y].[Y].[Y].[Y].[Y].[Y].[Y].c1cc2c3c(ccc(Cn4c5ccccc5c5ccccc54)c3c1)-c1c(Cn3c4ccccc4c4ccccc43)nc(Cn3c4ccccc4c4ccccc43)nc1-2.c1ccc2c(c1)[n-]c1ccccc12.c1ccc2c(c1)[n-]c1ccccc12. The van der Waals surface area contributed by atoms with Gasteiger partial charge in [0, 0.05) is 406 Å². The molecule has 533 valence electrons. The van der Waals surface area contributed by atoms with Crippen LogP contribution in [0.25, 0.3) is 164 Å². The molecule has 1 aliphatic carbocycles. The van der Waals surface area contributed by atoms with E-state index >= 15 is 0 Å². The molecule has 9 radical (unpaired) electrons. The minimum Gasteiger partial charge on any atom is -0.657 e. The van der Waals surface area contributed by atoms with E-state index < -0.39 is 0 Å². The second-order valence-corrected chi connectivity index (χ2v) is 25.6. The molecule has 21 aromatic rings. The summed E-state index contributed by atoms with van der Waals surface area (Å²) in [4.78, 5) is 20.2. The maximum absolute atomic E-state index is 5.59. The van der Waals surface area contributed by atoms with Crippen LogP contribution in [-0.4, -0.2) is 28.2 Å². The van der Waals surface area contributed by atoms with Gasteiger partial charge in [-0.1, -0.05) is 315 Å². The van der Waals surface area contributed by atoms with E-state index in [1.165, 1.54) is 136 Å². The number of rotatable bonds is 6. The summed E-state index contributed by atoms with van der Waals surface area (Å²) in [6.45, 7) is 14.0. The number of benzene rings is 14. The molecule has 0 unspecified atom stereocenters. The van der Waals surface area contributed by atoms with E-state index in [-0.39, 0.29) is 294 Å². The largest absolute Gasteiger partial charge is 0.657 e. The molecule has 0 bridgehead atoms. The molecule has 1 aliphatic rings. The molecule has 0 saturated carbocycles. The molecule has 7 aromatic heterocycles. The first kappa shape index (κ1) is 97.3. The van der Waals surface area contributed by atoms with Gasteiger partial charge in [-0.25, -0.2) is 9.97 Å². The zero-order valence-corrected chi connectivity index (χ0v) is 90.5. The molecule has 113 heavy (non-hydrogen) atoms. The van der Waals surface area contributed by atoms with Crippen LogP contribution in [0.15, 0.2) is 322 Å². The van der Waals surface area contributed by atoms with Crippen molar-refractivity contribution in [2.45, 2.75) is 61.2 Å². The Hall–Kier alpha value is -2.84.